The predicted octanol–water partition coefficient (Wildman–Crippen LogP) is 2.43. The van der Waals surface area contributed by atoms with Crippen molar-refractivity contribution in [1.29, 1.82) is 0 Å². The minimum Gasteiger partial charge on any atom is -0.463 e. The van der Waals surface area contributed by atoms with Crippen LogP contribution in [-0.4, -0.2) is 34.2 Å². The molecule has 2 N–H and O–H groups in total. The number of Topliss-reactive ketones (excluding diaryl/α,β-unsaturated/α-hetero) is 1. The lowest BCUT2D eigenvalue weighted by Gasteiger charge is -2.08. The number of carbonyl (C=O) groups is 3. The number of nitrogens with one attached hydrogen (secondary N) is 2. The van der Waals surface area contributed by atoms with Gasteiger partial charge in [0.05, 0.1) is 12.5 Å². The molecule has 3 rings (SSSR count). The van der Waals surface area contributed by atoms with E-state index < -0.39 is 5.25 Å². The number of rotatable bonds is 6. The number of carbonyl (C=O) groups excluding carboxylic acids is 3. The molecule has 2 amide bonds. The Balaban J connectivity index is 1.56. The number of thioether (sulfide) groups is 1. The zero-order valence-electron chi connectivity index (χ0n) is 14.3. The molecule has 1 aromatic carbocycles. The van der Waals surface area contributed by atoms with Crippen LogP contribution in [0.3, 0.4) is 0 Å². The summed E-state index contributed by atoms with van der Waals surface area (Å²) in [5.74, 6) is -0.187. The van der Waals surface area contributed by atoms with Gasteiger partial charge in [0.25, 0.3) is 0 Å². The average molecular weight is 384 g/mol. The fraction of sp³-hybridized carbons (Fsp3) is 0.167. The van der Waals surface area contributed by atoms with Crippen molar-refractivity contribution in [3.05, 3.63) is 54.0 Å². The second-order valence-corrected chi connectivity index (χ2v) is 6.84. The number of anilines is 1. The molecule has 0 radical (unpaired) electrons. The van der Waals surface area contributed by atoms with Gasteiger partial charge in [0.15, 0.2) is 11.0 Å². The van der Waals surface area contributed by atoms with Crippen LogP contribution < -0.4 is 10.6 Å². The predicted molar refractivity (Wildman–Crippen MR) is 103 cm³/mol. The minimum atomic E-state index is -0.599. The fourth-order valence-corrected chi connectivity index (χ4v) is 3.21. The highest BCUT2D eigenvalue weighted by molar-refractivity contribution is 8.15. The van der Waals surface area contributed by atoms with Gasteiger partial charge in [-0.2, -0.15) is 5.10 Å². The number of furan rings is 1. The van der Waals surface area contributed by atoms with Crippen molar-refractivity contribution in [2.45, 2.75) is 18.6 Å². The molecular weight excluding hydrogens is 368 g/mol. The Kier molecular flexibility index (Phi) is 5.82. The third-order valence-corrected chi connectivity index (χ3v) is 4.65. The molecule has 2 aromatic rings. The van der Waals surface area contributed by atoms with Crippen LogP contribution in [0.4, 0.5) is 5.69 Å². The van der Waals surface area contributed by atoms with Crippen LogP contribution in [0, 0.1) is 0 Å². The Hall–Kier alpha value is -3.20. The maximum atomic E-state index is 12.2. The number of ketones is 1. The van der Waals surface area contributed by atoms with E-state index in [0.29, 0.717) is 22.2 Å². The van der Waals surface area contributed by atoms with E-state index >= 15 is 0 Å². The zero-order valence-corrected chi connectivity index (χ0v) is 15.2. The first-order valence-corrected chi connectivity index (χ1v) is 8.92. The molecule has 0 spiro atoms. The number of hydrogen-bond acceptors (Lipinski definition) is 7. The van der Waals surface area contributed by atoms with Crippen LogP contribution in [0.1, 0.15) is 29.5 Å². The second-order valence-electron chi connectivity index (χ2n) is 5.65. The van der Waals surface area contributed by atoms with E-state index in [1.54, 1.807) is 36.4 Å². The quantitative estimate of drug-likeness (QED) is 0.451. The van der Waals surface area contributed by atoms with E-state index in [4.69, 9.17) is 4.42 Å². The lowest BCUT2D eigenvalue weighted by atomic mass is 10.1. The minimum absolute atomic E-state index is 0.0261. The standard InChI is InChI=1S/C18H16N4O4S/c1-11(23)12-4-2-5-13(8-12)20-16(24)9-15-17(25)21-18(27-15)22-19-10-14-6-3-7-26-14/h2-8,10,15H,9H2,1H3,(H,20,24)(H,21,22,25)/t15-/m0/s1. The summed E-state index contributed by atoms with van der Waals surface area (Å²) in [6, 6.07) is 10.1. The summed E-state index contributed by atoms with van der Waals surface area (Å²) in [5, 5.41) is 12.7. The molecule has 138 valence electrons. The van der Waals surface area contributed by atoms with Crippen molar-refractivity contribution in [3.8, 4) is 0 Å². The van der Waals surface area contributed by atoms with Crippen LogP contribution in [-0.2, 0) is 9.59 Å². The Morgan fingerprint density at radius 1 is 1.33 bits per heavy atom. The van der Waals surface area contributed by atoms with Crippen LogP contribution >= 0.6 is 11.8 Å². The topological polar surface area (TPSA) is 113 Å². The molecule has 1 saturated heterocycles. The molecule has 27 heavy (non-hydrogen) atoms. The maximum absolute atomic E-state index is 12.2. The van der Waals surface area contributed by atoms with E-state index in [9.17, 15) is 14.4 Å². The van der Waals surface area contributed by atoms with Gasteiger partial charge in [-0.25, -0.2) is 0 Å². The van der Waals surface area contributed by atoms with Gasteiger partial charge < -0.3 is 15.1 Å². The van der Waals surface area contributed by atoms with E-state index in [2.05, 4.69) is 20.8 Å². The SMILES string of the molecule is CC(=O)c1cccc(NC(=O)C[C@@H]2SC(=NN=Cc3ccco3)NC2=O)c1. The van der Waals surface area contributed by atoms with Gasteiger partial charge in [-0.05, 0) is 31.2 Å². The lowest BCUT2D eigenvalue weighted by Crippen LogP contribution is -2.28. The van der Waals surface area contributed by atoms with Crippen LogP contribution in [0.15, 0.2) is 57.3 Å². The van der Waals surface area contributed by atoms with Gasteiger partial charge in [0.1, 0.15) is 11.0 Å². The van der Waals surface area contributed by atoms with Gasteiger partial charge in [0, 0.05) is 17.7 Å². The van der Waals surface area contributed by atoms with Crippen molar-refractivity contribution in [1.82, 2.24) is 5.32 Å². The number of amides is 2. The molecule has 1 aliphatic heterocycles. The Bertz CT molecular complexity index is 921. The molecule has 8 nitrogen and oxygen atoms in total. The highest BCUT2D eigenvalue weighted by Crippen LogP contribution is 2.23. The third kappa shape index (κ3) is 5.14. The molecule has 2 heterocycles. The lowest BCUT2D eigenvalue weighted by molar-refractivity contribution is -0.122. The van der Waals surface area contributed by atoms with E-state index in [1.165, 1.54) is 19.4 Å². The number of hydrogen-bond donors (Lipinski definition) is 2. The molecule has 0 bridgehead atoms. The molecule has 1 aliphatic rings. The Morgan fingerprint density at radius 3 is 2.93 bits per heavy atom. The van der Waals surface area contributed by atoms with Crippen LogP contribution in [0.2, 0.25) is 0 Å². The Labute approximate surface area is 159 Å². The highest BCUT2D eigenvalue weighted by atomic mass is 32.2. The molecule has 1 aromatic heterocycles. The van der Waals surface area contributed by atoms with E-state index in [-0.39, 0.29) is 24.0 Å². The zero-order chi connectivity index (χ0) is 19.2. The Morgan fingerprint density at radius 2 is 2.19 bits per heavy atom. The first kappa shape index (κ1) is 18.6. The van der Waals surface area contributed by atoms with Crippen molar-refractivity contribution < 1.29 is 18.8 Å². The summed E-state index contributed by atoms with van der Waals surface area (Å²) >= 11 is 1.13. The maximum Gasteiger partial charge on any atom is 0.240 e. The number of nitrogens with zero attached hydrogens (tertiary/aromatic N) is 2. The van der Waals surface area contributed by atoms with Crippen molar-refractivity contribution in [2.75, 3.05) is 5.32 Å². The molecule has 0 unspecified atom stereocenters. The van der Waals surface area contributed by atoms with Crippen molar-refractivity contribution in [3.63, 3.8) is 0 Å². The number of amidine groups is 1. The average Bonchev–Trinajstić information content (AvgIpc) is 3.25. The fourth-order valence-electron chi connectivity index (χ4n) is 2.29. The van der Waals surface area contributed by atoms with Crippen molar-refractivity contribution >= 4 is 46.4 Å². The second kappa shape index (κ2) is 8.45. The van der Waals surface area contributed by atoms with Gasteiger partial charge in [-0.3, -0.25) is 14.4 Å². The number of benzene rings is 1. The summed E-state index contributed by atoms with van der Waals surface area (Å²) in [4.78, 5) is 35.6. The highest BCUT2D eigenvalue weighted by Gasteiger charge is 2.32. The summed E-state index contributed by atoms with van der Waals surface area (Å²) in [6.45, 7) is 1.45. The smallest absolute Gasteiger partial charge is 0.240 e. The summed E-state index contributed by atoms with van der Waals surface area (Å²) < 4.78 is 5.09. The van der Waals surface area contributed by atoms with Gasteiger partial charge in [-0.15, -0.1) is 5.10 Å². The van der Waals surface area contributed by atoms with Gasteiger partial charge in [0.2, 0.25) is 11.8 Å². The largest absolute Gasteiger partial charge is 0.463 e. The van der Waals surface area contributed by atoms with E-state index in [0.717, 1.165) is 11.8 Å². The monoisotopic (exact) mass is 384 g/mol. The molecular formula is C18H16N4O4S. The molecule has 1 atom stereocenters. The molecule has 0 aliphatic carbocycles. The first-order chi connectivity index (χ1) is 13.0. The summed E-state index contributed by atoms with van der Waals surface area (Å²) in [7, 11) is 0. The van der Waals surface area contributed by atoms with Gasteiger partial charge >= 0.3 is 0 Å². The first-order valence-electron chi connectivity index (χ1n) is 8.04. The normalized spacial score (nSPS) is 18.0. The van der Waals surface area contributed by atoms with Crippen LogP contribution in [0.5, 0.6) is 0 Å². The van der Waals surface area contributed by atoms with Gasteiger partial charge in [-0.1, -0.05) is 23.9 Å². The third-order valence-electron chi connectivity index (χ3n) is 3.58. The summed E-state index contributed by atoms with van der Waals surface area (Å²) in [5.41, 5.74) is 1.01. The van der Waals surface area contributed by atoms with Crippen molar-refractivity contribution in [2.24, 2.45) is 10.2 Å². The summed E-state index contributed by atoms with van der Waals surface area (Å²) in [6.07, 6.45) is 2.91. The van der Waals surface area contributed by atoms with Crippen LogP contribution in [0.25, 0.3) is 0 Å². The molecule has 9 heteroatoms. The molecule has 0 saturated carbocycles. The van der Waals surface area contributed by atoms with E-state index in [1.807, 2.05) is 0 Å². The molecule has 1 fully saturated rings.